The second kappa shape index (κ2) is 6.98. The van der Waals surface area contributed by atoms with Gasteiger partial charge in [-0.2, -0.15) is 0 Å². The number of nitrogens with zero attached hydrogens (tertiary/aromatic N) is 2. The topological polar surface area (TPSA) is 35.0 Å². The molecule has 0 saturated heterocycles. The summed E-state index contributed by atoms with van der Waals surface area (Å²) in [5, 5.41) is 1.90. The highest BCUT2D eigenvalue weighted by molar-refractivity contribution is 7.99. The van der Waals surface area contributed by atoms with Crippen molar-refractivity contribution in [3.63, 3.8) is 0 Å². The van der Waals surface area contributed by atoms with Crippen LogP contribution in [-0.4, -0.2) is 22.3 Å². The number of hydrogen-bond acceptors (Lipinski definition) is 4. The van der Waals surface area contributed by atoms with Crippen LogP contribution < -0.4 is 4.74 Å². The van der Waals surface area contributed by atoms with E-state index < -0.39 is 0 Å². The number of hydrogen-bond donors (Lipinski definition) is 0. The monoisotopic (exact) mass is 314 g/mol. The van der Waals surface area contributed by atoms with E-state index in [4.69, 9.17) is 27.9 Å². The van der Waals surface area contributed by atoms with Crippen molar-refractivity contribution in [3.8, 4) is 5.75 Å². The molecule has 2 rings (SSSR count). The largest absolute Gasteiger partial charge is 0.491 e. The fraction of sp³-hybridized carbons (Fsp3) is 0.231. The Bertz CT molecular complexity index is 549. The Balaban J connectivity index is 1.80. The molecule has 0 bridgehead atoms. The highest BCUT2D eigenvalue weighted by Crippen LogP contribution is 2.27. The minimum absolute atomic E-state index is 0.516. The second-order valence-electron chi connectivity index (χ2n) is 3.81. The van der Waals surface area contributed by atoms with Crippen molar-refractivity contribution in [3.05, 3.63) is 46.2 Å². The first kappa shape index (κ1) is 14.4. The van der Waals surface area contributed by atoms with Gasteiger partial charge in [-0.05, 0) is 24.6 Å². The molecular formula is C13H12Cl2N2OS. The van der Waals surface area contributed by atoms with Crippen molar-refractivity contribution in [1.29, 1.82) is 0 Å². The summed E-state index contributed by atoms with van der Waals surface area (Å²) < 4.78 is 5.57. The SMILES string of the molecule is Cc1cnc(SCCOc2cc(Cl)ccc2Cl)nc1. The fourth-order valence-corrected chi connectivity index (χ4v) is 2.27. The van der Waals surface area contributed by atoms with Crippen LogP contribution in [0.3, 0.4) is 0 Å². The number of thioether (sulfide) groups is 1. The number of aromatic nitrogens is 2. The molecule has 0 fully saturated rings. The van der Waals surface area contributed by atoms with Gasteiger partial charge >= 0.3 is 0 Å². The standard InChI is InChI=1S/C13H12Cl2N2OS/c1-9-7-16-13(17-8-9)19-5-4-18-12-6-10(14)2-3-11(12)15/h2-3,6-8H,4-5H2,1H3. The lowest BCUT2D eigenvalue weighted by atomic mass is 10.3. The van der Waals surface area contributed by atoms with Crippen LogP contribution in [-0.2, 0) is 0 Å². The molecule has 100 valence electrons. The van der Waals surface area contributed by atoms with E-state index in [0.717, 1.165) is 16.5 Å². The Labute approximate surface area is 126 Å². The van der Waals surface area contributed by atoms with E-state index in [9.17, 15) is 0 Å². The molecule has 2 aromatic rings. The van der Waals surface area contributed by atoms with Gasteiger partial charge < -0.3 is 4.74 Å². The van der Waals surface area contributed by atoms with Crippen molar-refractivity contribution in [2.24, 2.45) is 0 Å². The van der Waals surface area contributed by atoms with E-state index in [1.54, 1.807) is 30.6 Å². The average Bonchev–Trinajstić information content (AvgIpc) is 2.40. The van der Waals surface area contributed by atoms with E-state index in [2.05, 4.69) is 9.97 Å². The van der Waals surface area contributed by atoms with E-state index in [1.807, 2.05) is 6.92 Å². The predicted octanol–water partition coefficient (Wildman–Crippen LogP) is 4.26. The number of ether oxygens (including phenoxy) is 1. The van der Waals surface area contributed by atoms with Gasteiger partial charge in [0.1, 0.15) is 5.75 Å². The third-order valence-corrected chi connectivity index (χ3v) is 3.61. The van der Waals surface area contributed by atoms with Gasteiger partial charge in [-0.15, -0.1) is 0 Å². The van der Waals surface area contributed by atoms with Crippen LogP contribution >= 0.6 is 35.0 Å². The molecule has 0 aliphatic carbocycles. The van der Waals surface area contributed by atoms with Crippen molar-refractivity contribution >= 4 is 35.0 Å². The molecule has 1 heterocycles. The van der Waals surface area contributed by atoms with Crippen LogP contribution in [0.15, 0.2) is 35.7 Å². The first-order valence-corrected chi connectivity index (χ1v) is 7.38. The summed E-state index contributed by atoms with van der Waals surface area (Å²) in [5.41, 5.74) is 1.05. The maximum Gasteiger partial charge on any atom is 0.187 e. The summed E-state index contributed by atoms with van der Waals surface area (Å²) in [5.74, 6) is 1.34. The lowest BCUT2D eigenvalue weighted by Gasteiger charge is -2.07. The Hall–Kier alpha value is -0.970. The molecule has 19 heavy (non-hydrogen) atoms. The predicted molar refractivity (Wildman–Crippen MR) is 79.5 cm³/mol. The number of rotatable bonds is 5. The fourth-order valence-electron chi connectivity index (χ4n) is 1.33. The molecule has 0 radical (unpaired) electrons. The number of aryl methyl sites for hydroxylation is 1. The lowest BCUT2D eigenvalue weighted by molar-refractivity contribution is 0.344. The maximum atomic E-state index is 5.99. The van der Waals surface area contributed by atoms with E-state index in [-0.39, 0.29) is 0 Å². The van der Waals surface area contributed by atoms with Crippen LogP contribution in [0.1, 0.15) is 5.56 Å². The highest BCUT2D eigenvalue weighted by Gasteiger charge is 2.03. The quantitative estimate of drug-likeness (QED) is 0.469. The van der Waals surface area contributed by atoms with Crippen LogP contribution in [0, 0.1) is 6.92 Å². The van der Waals surface area contributed by atoms with Crippen LogP contribution in [0.5, 0.6) is 5.75 Å². The Kier molecular flexibility index (Phi) is 5.31. The molecule has 0 saturated carbocycles. The van der Waals surface area contributed by atoms with Gasteiger partial charge in [-0.3, -0.25) is 0 Å². The first-order valence-electron chi connectivity index (χ1n) is 5.64. The Morgan fingerprint density at radius 2 is 1.95 bits per heavy atom. The number of halogens is 2. The van der Waals surface area contributed by atoms with E-state index >= 15 is 0 Å². The minimum atomic E-state index is 0.516. The van der Waals surface area contributed by atoms with Gasteiger partial charge in [-0.25, -0.2) is 9.97 Å². The van der Waals surface area contributed by atoms with Gasteiger partial charge in [-0.1, -0.05) is 35.0 Å². The summed E-state index contributed by atoms with van der Waals surface area (Å²) in [6, 6.07) is 5.15. The molecular weight excluding hydrogens is 303 g/mol. The molecule has 1 aromatic heterocycles. The summed E-state index contributed by atoms with van der Waals surface area (Å²) in [7, 11) is 0. The second-order valence-corrected chi connectivity index (χ2v) is 5.72. The molecule has 6 heteroatoms. The molecule has 0 N–H and O–H groups in total. The summed E-state index contributed by atoms with van der Waals surface area (Å²) in [6.07, 6.45) is 3.59. The van der Waals surface area contributed by atoms with Crippen LogP contribution in [0.4, 0.5) is 0 Å². The summed E-state index contributed by atoms with van der Waals surface area (Å²) >= 11 is 13.4. The normalized spacial score (nSPS) is 10.5. The number of benzene rings is 1. The average molecular weight is 315 g/mol. The zero-order valence-corrected chi connectivity index (χ0v) is 12.6. The first-order chi connectivity index (χ1) is 9.15. The molecule has 0 amide bonds. The van der Waals surface area contributed by atoms with Gasteiger partial charge in [0.25, 0.3) is 0 Å². The molecule has 0 aliphatic rings. The third kappa shape index (κ3) is 4.56. The maximum absolute atomic E-state index is 5.99. The van der Waals surface area contributed by atoms with Gasteiger partial charge in [0, 0.05) is 29.2 Å². The molecule has 0 atom stereocenters. The van der Waals surface area contributed by atoms with Crippen molar-refractivity contribution < 1.29 is 4.74 Å². The van der Waals surface area contributed by atoms with Gasteiger partial charge in [0.2, 0.25) is 0 Å². The summed E-state index contributed by atoms with van der Waals surface area (Å²) in [6.45, 7) is 2.47. The lowest BCUT2D eigenvalue weighted by Crippen LogP contribution is -2.01. The van der Waals surface area contributed by atoms with Crippen molar-refractivity contribution in [2.75, 3.05) is 12.4 Å². The third-order valence-electron chi connectivity index (χ3n) is 2.22. The molecule has 0 aliphatic heterocycles. The zero-order chi connectivity index (χ0) is 13.7. The minimum Gasteiger partial charge on any atom is -0.491 e. The van der Waals surface area contributed by atoms with Crippen LogP contribution in [0.2, 0.25) is 10.0 Å². The zero-order valence-electron chi connectivity index (χ0n) is 10.3. The Morgan fingerprint density at radius 3 is 2.68 bits per heavy atom. The Morgan fingerprint density at radius 1 is 1.21 bits per heavy atom. The molecule has 0 spiro atoms. The van der Waals surface area contributed by atoms with Crippen molar-refractivity contribution in [2.45, 2.75) is 12.1 Å². The molecule has 0 unspecified atom stereocenters. The van der Waals surface area contributed by atoms with Gasteiger partial charge in [0.15, 0.2) is 5.16 Å². The van der Waals surface area contributed by atoms with E-state index in [1.165, 1.54) is 11.8 Å². The van der Waals surface area contributed by atoms with Gasteiger partial charge in [0.05, 0.1) is 11.6 Å². The van der Waals surface area contributed by atoms with Crippen LogP contribution in [0.25, 0.3) is 0 Å². The summed E-state index contributed by atoms with van der Waals surface area (Å²) in [4.78, 5) is 8.41. The van der Waals surface area contributed by atoms with Crippen molar-refractivity contribution in [1.82, 2.24) is 9.97 Å². The van der Waals surface area contributed by atoms with E-state index in [0.29, 0.717) is 22.4 Å². The smallest absolute Gasteiger partial charge is 0.187 e. The molecule has 1 aromatic carbocycles. The highest BCUT2D eigenvalue weighted by atomic mass is 35.5. The molecule has 3 nitrogen and oxygen atoms in total.